The third-order valence-corrected chi connectivity index (χ3v) is 6.94. The molecule has 0 spiro atoms. The van der Waals surface area contributed by atoms with E-state index in [1.807, 2.05) is 36.4 Å². The maximum absolute atomic E-state index is 12.0. The van der Waals surface area contributed by atoms with Crippen LogP contribution < -0.4 is 5.32 Å². The van der Waals surface area contributed by atoms with Gasteiger partial charge in [-0.2, -0.15) is 0 Å². The van der Waals surface area contributed by atoms with Crippen LogP contribution in [-0.4, -0.2) is 65.9 Å². The van der Waals surface area contributed by atoms with Gasteiger partial charge in [-0.05, 0) is 42.6 Å². The molecule has 0 bridgehead atoms. The average molecular weight is 513 g/mol. The molecular formula is C28H36N2O7. The van der Waals surface area contributed by atoms with Crippen LogP contribution in [0.4, 0.5) is 5.69 Å². The molecule has 2 aromatic carbocycles. The molecule has 37 heavy (non-hydrogen) atoms. The number of amides is 1. The Labute approximate surface area is 217 Å². The normalized spacial score (nSPS) is 24.2. The minimum atomic E-state index is -1.00. The monoisotopic (exact) mass is 512 g/mol. The van der Waals surface area contributed by atoms with E-state index < -0.39 is 12.3 Å². The van der Waals surface area contributed by atoms with Crippen LogP contribution in [0.3, 0.4) is 0 Å². The second-order valence-corrected chi connectivity index (χ2v) is 9.66. The molecule has 0 saturated carbocycles. The number of hydrogen-bond donors (Lipinski definition) is 3. The summed E-state index contributed by atoms with van der Waals surface area (Å²) in [7, 11) is 1.74. The van der Waals surface area contributed by atoms with Crippen molar-refractivity contribution in [2.75, 3.05) is 32.1 Å². The van der Waals surface area contributed by atoms with E-state index in [4.69, 9.17) is 19.3 Å². The quantitative estimate of drug-likeness (QED) is 0.418. The fourth-order valence-electron chi connectivity index (χ4n) is 4.98. The fourth-order valence-corrected chi connectivity index (χ4v) is 4.98. The highest BCUT2D eigenvalue weighted by Crippen LogP contribution is 2.39. The first-order valence-corrected chi connectivity index (χ1v) is 12.8. The third kappa shape index (κ3) is 7.59. The van der Waals surface area contributed by atoms with Crippen LogP contribution in [0.5, 0.6) is 0 Å². The number of nitrogens with one attached hydrogen (secondary N) is 1. The lowest BCUT2D eigenvalue weighted by Gasteiger charge is -2.38. The number of nitrogens with zero attached hydrogens (tertiary/aromatic N) is 1. The van der Waals surface area contributed by atoms with Crippen LogP contribution in [0.2, 0.25) is 0 Å². The molecule has 9 nitrogen and oxygen atoms in total. The first-order chi connectivity index (χ1) is 17.9. The standard InChI is InChI=1S/C28H36N2O7/c1-35-18-23-3-2-14-30(23)16-24-15-25(20-6-4-19(17-31)5-7-20)37-28(36-24)21-8-10-22(11-9-21)29-26(32)12-13-27(33)34/h4-11,23-25,28,31H,2-3,12-18H2,1H3,(H,29,32)(H,33,34)/t23-,24+,25-,28-/m0/s1. The molecule has 0 aliphatic carbocycles. The van der Waals surface area contributed by atoms with E-state index in [0.29, 0.717) is 24.8 Å². The molecular weight excluding hydrogens is 476 g/mol. The molecule has 2 fully saturated rings. The topological polar surface area (TPSA) is 118 Å². The van der Waals surface area contributed by atoms with Crippen molar-refractivity contribution in [3.63, 3.8) is 0 Å². The molecule has 0 aromatic heterocycles. The van der Waals surface area contributed by atoms with Crippen molar-refractivity contribution < 1.29 is 34.0 Å². The predicted octanol–water partition coefficient (Wildman–Crippen LogP) is 3.64. The maximum atomic E-state index is 12.0. The number of carbonyl (C=O) groups is 2. The molecule has 0 radical (unpaired) electrons. The van der Waals surface area contributed by atoms with Crippen LogP contribution in [0.15, 0.2) is 48.5 Å². The molecule has 4 rings (SSSR count). The fraction of sp³-hybridized carbons (Fsp3) is 0.500. The smallest absolute Gasteiger partial charge is 0.303 e. The van der Waals surface area contributed by atoms with Crippen LogP contribution in [0.1, 0.15) is 61.2 Å². The van der Waals surface area contributed by atoms with Gasteiger partial charge in [-0.1, -0.05) is 36.4 Å². The number of methoxy groups -OCH3 is 1. The van der Waals surface area contributed by atoms with Crippen molar-refractivity contribution in [1.82, 2.24) is 4.90 Å². The highest BCUT2D eigenvalue weighted by molar-refractivity contribution is 5.92. The highest BCUT2D eigenvalue weighted by Gasteiger charge is 2.35. The second kappa shape index (κ2) is 13.1. The summed E-state index contributed by atoms with van der Waals surface area (Å²) in [5.41, 5.74) is 3.30. The van der Waals surface area contributed by atoms with Gasteiger partial charge in [-0.15, -0.1) is 0 Å². The Morgan fingerprint density at radius 1 is 1.05 bits per heavy atom. The van der Waals surface area contributed by atoms with Crippen molar-refractivity contribution >= 4 is 17.6 Å². The summed E-state index contributed by atoms with van der Waals surface area (Å²) >= 11 is 0. The predicted molar refractivity (Wildman–Crippen MR) is 137 cm³/mol. The van der Waals surface area contributed by atoms with Crippen molar-refractivity contribution in [2.24, 2.45) is 0 Å². The maximum Gasteiger partial charge on any atom is 0.303 e. The summed E-state index contributed by atoms with van der Waals surface area (Å²) < 4.78 is 18.3. The van der Waals surface area contributed by atoms with Gasteiger partial charge in [0.25, 0.3) is 0 Å². The van der Waals surface area contributed by atoms with Crippen LogP contribution in [0, 0.1) is 0 Å². The molecule has 2 aliphatic rings. The first kappa shape index (κ1) is 27.2. The van der Waals surface area contributed by atoms with Gasteiger partial charge in [0.2, 0.25) is 5.91 Å². The van der Waals surface area contributed by atoms with Gasteiger partial charge < -0.3 is 29.7 Å². The number of carboxylic acid groups (broad SMARTS) is 1. The van der Waals surface area contributed by atoms with E-state index in [1.54, 1.807) is 19.2 Å². The first-order valence-electron chi connectivity index (χ1n) is 12.8. The Bertz CT molecular complexity index is 1030. The van der Waals surface area contributed by atoms with E-state index in [9.17, 15) is 14.7 Å². The summed E-state index contributed by atoms with van der Waals surface area (Å²) in [6, 6.07) is 15.5. The zero-order valence-electron chi connectivity index (χ0n) is 21.2. The zero-order chi connectivity index (χ0) is 26.2. The highest BCUT2D eigenvalue weighted by atomic mass is 16.7. The minimum absolute atomic E-state index is 0.00475. The van der Waals surface area contributed by atoms with Gasteiger partial charge in [0.1, 0.15) is 0 Å². The zero-order valence-corrected chi connectivity index (χ0v) is 21.2. The number of aliphatic hydroxyl groups excluding tert-OH is 1. The van der Waals surface area contributed by atoms with Gasteiger partial charge in [-0.25, -0.2) is 0 Å². The number of rotatable bonds is 11. The third-order valence-electron chi connectivity index (χ3n) is 6.94. The second-order valence-electron chi connectivity index (χ2n) is 9.66. The summed E-state index contributed by atoms with van der Waals surface area (Å²) in [5.74, 6) is -1.35. The number of carbonyl (C=O) groups excluding carboxylic acids is 1. The Balaban J connectivity index is 1.47. The molecule has 2 saturated heterocycles. The number of anilines is 1. The van der Waals surface area contributed by atoms with Gasteiger partial charge in [0.05, 0.1) is 31.8 Å². The lowest BCUT2D eigenvalue weighted by Crippen LogP contribution is -2.42. The van der Waals surface area contributed by atoms with Crippen molar-refractivity contribution in [3.05, 3.63) is 65.2 Å². The van der Waals surface area contributed by atoms with Gasteiger partial charge in [0.15, 0.2) is 6.29 Å². The summed E-state index contributed by atoms with van der Waals surface area (Å²) in [6.07, 6.45) is 1.88. The number of benzene rings is 2. The van der Waals surface area contributed by atoms with Gasteiger partial charge >= 0.3 is 5.97 Å². The SMILES string of the molecule is COC[C@@H]1CCCN1C[C@H]1C[C@@H](c2ccc(CO)cc2)O[C@@H](c2ccc(NC(=O)CCC(=O)O)cc2)O1. The molecule has 2 aliphatic heterocycles. The van der Waals surface area contributed by atoms with Crippen LogP contribution in [-0.2, 0) is 30.4 Å². The number of hydrogen-bond acceptors (Lipinski definition) is 7. The number of aliphatic hydroxyl groups is 1. The summed E-state index contributed by atoms with van der Waals surface area (Å²) in [6.45, 7) is 2.51. The van der Waals surface area contributed by atoms with E-state index in [0.717, 1.165) is 42.6 Å². The molecule has 200 valence electrons. The Kier molecular flexibility index (Phi) is 9.65. The molecule has 9 heteroatoms. The molecule has 2 aromatic rings. The molecule has 4 atom stereocenters. The van der Waals surface area contributed by atoms with Crippen LogP contribution in [0.25, 0.3) is 0 Å². The summed E-state index contributed by atoms with van der Waals surface area (Å²) in [4.78, 5) is 25.1. The molecule has 1 amide bonds. The van der Waals surface area contributed by atoms with E-state index in [2.05, 4.69) is 10.2 Å². The largest absolute Gasteiger partial charge is 0.481 e. The van der Waals surface area contributed by atoms with Gasteiger partial charge in [-0.3, -0.25) is 14.5 Å². The van der Waals surface area contributed by atoms with E-state index in [-0.39, 0.29) is 37.6 Å². The van der Waals surface area contributed by atoms with Crippen molar-refractivity contribution in [1.29, 1.82) is 0 Å². The number of aliphatic carboxylic acids is 1. The van der Waals surface area contributed by atoms with Crippen LogP contribution >= 0.6 is 0 Å². The Hall–Kier alpha value is -2.82. The lowest BCUT2D eigenvalue weighted by atomic mass is 9.99. The lowest BCUT2D eigenvalue weighted by molar-refractivity contribution is -0.253. The Morgan fingerprint density at radius 2 is 1.78 bits per heavy atom. The van der Waals surface area contributed by atoms with Crippen molar-refractivity contribution in [2.45, 2.75) is 63.3 Å². The number of likely N-dealkylation sites (tertiary alicyclic amines) is 1. The molecule has 0 unspecified atom stereocenters. The number of carboxylic acids is 1. The molecule has 3 N–H and O–H groups in total. The van der Waals surface area contributed by atoms with E-state index >= 15 is 0 Å². The van der Waals surface area contributed by atoms with Crippen molar-refractivity contribution in [3.8, 4) is 0 Å². The average Bonchev–Trinajstić information content (AvgIpc) is 3.34. The molecule has 2 heterocycles. The Morgan fingerprint density at radius 3 is 2.46 bits per heavy atom. The van der Waals surface area contributed by atoms with E-state index in [1.165, 1.54) is 0 Å². The van der Waals surface area contributed by atoms with Gasteiger partial charge in [0, 0.05) is 43.8 Å². The number of ether oxygens (including phenoxy) is 3. The summed E-state index contributed by atoms with van der Waals surface area (Å²) in [5, 5.41) is 20.9. The minimum Gasteiger partial charge on any atom is -0.481 e.